The lowest BCUT2D eigenvalue weighted by Crippen LogP contribution is -2.27. The molecule has 0 bridgehead atoms. The van der Waals surface area contributed by atoms with Gasteiger partial charge in [0, 0.05) is 22.1 Å². The van der Waals surface area contributed by atoms with Crippen LogP contribution in [0.4, 0.5) is 5.69 Å². The quantitative estimate of drug-likeness (QED) is 0.741. The van der Waals surface area contributed by atoms with Crippen molar-refractivity contribution < 1.29 is 12.9 Å². The largest absolute Gasteiger partial charge is 0.398 e. The van der Waals surface area contributed by atoms with Crippen LogP contribution in [0.2, 0.25) is 0 Å². The standard InChI is InChI=1S/C12H13Br2N3O3S/c1-7-3-9(16-20-7)6-17(2)21(18,19)12-10(14)4-8(13)5-11(12)15/h3-5H,6,15H2,1-2H3. The molecule has 0 amide bonds. The second kappa shape index (κ2) is 6.07. The molecule has 0 atom stereocenters. The summed E-state index contributed by atoms with van der Waals surface area (Å²) in [5.41, 5.74) is 6.54. The Morgan fingerprint density at radius 2 is 2.00 bits per heavy atom. The highest BCUT2D eigenvalue weighted by atomic mass is 79.9. The third-order valence-electron chi connectivity index (χ3n) is 2.77. The summed E-state index contributed by atoms with van der Waals surface area (Å²) in [5, 5.41) is 3.79. The number of rotatable bonds is 4. The van der Waals surface area contributed by atoms with E-state index in [1.807, 2.05) is 0 Å². The zero-order chi connectivity index (χ0) is 15.8. The van der Waals surface area contributed by atoms with Gasteiger partial charge in [0.15, 0.2) is 0 Å². The number of anilines is 1. The minimum Gasteiger partial charge on any atom is -0.398 e. The fourth-order valence-corrected chi connectivity index (χ4v) is 4.96. The number of hydrogen-bond donors (Lipinski definition) is 1. The van der Waals surface area contributed by atoms with Crippen molar-refractivity contribution in [3.63, 3.8) is 0 Å². The summed E-state index contributed by atoms with van der Waals surface area (Å²) in [7, 11) is -2.28. The van der Waals surface area contributed by atoms with E-state index in [1.165, 1.54) is 11.4 Å². The van der Waals surface area contributed by atoms with Gasteiger partial charge in [-0.3, -0.25) is 0 Å². The summed E-state index contributed by atoms with van der Waals surface area (Å²) >= 11 is 6.51. The van der Waals surface area contributed by atoms with Gasteiger partial charge in [-0.15, -0.1) is 0 Å². The first kappa shape index (κ1) is 16.5. The highest BCUT2D eigenvalue weighted by Gasteiger charge is 2.27. The van der Waals surface area contributed by atoms with Gasteiger partial charge >= 0.3 is 0 Å². The Labute approximate surface area is 139 Å². The van der Waals surface area contributed by atoms with Gasteiger partial charge in [-0.25, -0.2) is 8.42 Å². The third-order valence-corrected chi connectivity index (χ3v) is 6.03. The van der Waals surface area contributed by atoms with Gasteiger partial charge in [-0.2, -0.15) is 4.31 Å². The van der Waals surface area contributed by atoms with Crippen molar-refractivity contribution in [1.29, 1.82) is 0 Å². The molecule has 2 N–H and O–H groups in total. The van der Waals surface area contributed by atoms with Gasteiger partial charge in [0.2, 0.25) is 10.0 Å². The van der Waals surface area contributed by atoms with Crippen molar-refractivity contribution in [2.24, 2.45) is 0 Å². The number of halogens is 2. The summed E-state index contributed by atoms with van der Waals surface area (Å²) in [6.45, 7) is 1.84. The Morgan fingerprint density at radius 3 is 2.52 bits per heavy atom. The molecule has 0 spiro atoms. The Bertz CT molecular complexity index is 751. The summed E-state index contributed by atoms with van der Waals surface area (Å²) in [4.78, 5) is 0.0356. The van der Waals surface area contributed by atoms with Gasteiger partial charge in [0.25, 0.3) is 0 Å². The number of aryl methyl sites for hydroxylation is 1. The van der Waals surface area contributed by atoms with Crippen LogP contribution in [-0.2, 0) is 16.6 Å². The van der Waals surface area contributed by atoms with Crippen LogP contribution in [-0.4, -0.2) is 24.9 Å². The SMILES string of the molecule is Cc1cc(CN(C)S(=O)(=O)c2c(N)cc(Br)cc2Br)no1. The van der Waals surface area contributed by atoms with Gasteiger partial charge in [0.1, 0.15) is 10.7 Å². The third kappa shape index (κ3) is 3.47. The Kier molecular flexibility index (Phi) is 4.76. The average molecular weight is 439 g/mol. The van der Waals surface area contributed by atoms with E-state index in [0.29, 0.717) is 20.4 Å². The molecule has 0 radical (unpaired) electrons. The molecule has 2 rings (SSSR count). The maximum Gasteiger partial charge on any atom is 0.246 e. The predicted molar refractivity (Wildman–Crippen MR) is 86.1 cm³/mol. The summed E-state index contributed by atoms with van der Waals surface area (Å²) in [5.74, 6) is 0.625. The zero-order valence-corrected chi connectivity index (χ0v) is 15.3. The van der Waals surface area contributed by atoms with E-state index in [1.54, 1.807) is 25.1 Å². The molecule has 1 aromatic carbocycles. The van der Waals surface area contributed by atoms with Crippen LogP contribution >= 0.6 is 31.9 Å². The molecule has 1 aromatic heterocycles. The number of nitrogens with two attached hydrogens (primary N) is 1. The molecular formula is C12H13Br2N3O3S. The molecule has 0 aliphatic heterocycles. The first-order valence-corrected chi connectivity index (χ1v) is 8.87. The van der Waals surface area contributed by atoms with E-state index in [9.17, 15) is 8.42 Å². The number of hydrogen-bond acceptors (Lipinski definition) is 5. The topological polar surface area (TPSA) is 89.4 Å². The number of nitrogen functional groups attached to an aromatic ring is 1. The first-order valence-electron chi connectivity index (χ1n) is 5.85. The molecule has 21 heavy (non-hydrogen) atoms. The van der Waals surface area contributed by atoms with Gasteiger partial charge in [0.05, 0.1) is 17.9 Å². The Hall–Kier alpha value is -0.900. The smallest absolute Gasteiger partial charge is 0.246 e. The van der Waals surface area contributed by atoms with Crippen LogP contribution in [0.15, 0.2) is 36.6 Å². The van der Waals surface area contributed by atoms with Crippen LogP contribution in [0, 0.1) is 6.92 Å². The normalized spacial score (nSPS) is 12.0. The molecule has 0 aliphatic carbocycles. The summed E-state index contributed by atoms with van der Waals surface area (Å²) in [6.07, 6.45) is 0. The number of sulfonamides is 1. The molecular weight excluding hydrogens is 426 g/mol. The van der Waals surface area contributed by atoms with Crippen molar-refractivity contribution in [3.8, 4) is 0 Å². The molecule has 1 heterocycles. The van der Waals surface area contributed by atoms with Crippen molar-refractivity contribution >= 4 is 47.6 Å². The van der Waals surface area contributed by atoms with Crippen molar-refractivity contribution in [2.75, 3.05) is 12.8 Å². The molecule has 0 saturated carbocycles. The molecule has 0 unspecified atom stereocenters. The zero-order valence-electron chi connectivity index (χ0n) is 11.3. The van der Waals surface area contributed by atoms with Crippen molar-refractivity contribution in [1.82, 2.24) is 9.46 Å². The maximum atomic E-state index is 12.6. The van der Waals surface area contributed by atoms with Crippen LogP contribution in [0.3, 0.4) is 0 Å². The molecule has 0 saturated heterocycles. The number of benzene rings is 1. The molecule has 0 aliphatic rings. The van der Waals surface area contributed by atoms with Crippen molar-refractivity contribution in [3.05, 3.63) is 38.6 Å². The van der Waals surface area contributed by atoms with Crippen LogP contribution < -0.4 is 5.73 Å². The fourth-order valence-electron chi connectivity index (χ4n) is 1.81. The van der Waals surface area contributed by atoms with Crippen LogP contribution in [0.25, 0.3) is 0 Å². The minimum absolute atomic E-state index is 0.0356. The van der Waals surface area contributed by atoms with Crippen LogP contribution in [0.5, 0.6) is 0 Å². The second-order valence-electron chi connectivity index (χ2n) is 4.50. The highest BCUT2D eigenvalue weighted by Crippen LogP contribution is 2.33. The number of aromatic nitrogens is 1. The molecule has 6 nitrogen and oxygen atoms in total. The van der Waals surface area contributed by atoms with E-state index in [-0.39, 0.29) is 17.1 Å². The van der Waals surface area contributed by atoms with Gasteiger partial charge in [-0.05, 0) is 35.0 Å². The Balaban J connectivity index is 2.38. The maximum absolute atomic E-state index is 12.6. The van der Waals surface area contributed by atoms with E-state index in [0.717, 1.165) is 0 Å². The molecule has 114 valence electrons. The van der Waals surface area contributed by atoms with Gasteiger partial charge < -0.3 is 10.3 Å². The highest BCUT2D eigenvalue weighted by molar-refractivity contribution is 9.11. The predicted octanol–water partition coefficient (Wildman–Crippen LogP) is 2.91. The van der Waals surface area contributed by atoms with E-state index in [4.69, 9.17) is 10.3 Å². The van der Waals surface area contributed by atoms with E-state index in [2.05, 4.69) is 37.0 Å². The average Bonchev–Trinajstić information content (AvgIpc) is 2.72. The first-order chi connectivity index (χ1) is 9.71. The second-order valence-corrected chi connectivity index (χ2v) is 8.25. The molecule has 2 aromatic rings. The van der Waals surface area contributed by atoms with E-state index < -0.39 is 10.0 Å². The molecule has 0 fully saturated rings. The monoisotopic (exact) mass is 437 g/mol. The van der Waals surface area contributed by atoms with Gasteiger partial charge in [-0.1, -0.05) is 21.1 Å². The van der Waals surface area contributed by atoms with Crippen molar-refractivity contribution in [2.45, 2.75) is 18.4 Å². The molecule has 9 heteroatoms. The summed E-state index contributed by atoms with van der Waals surface area (Å²) < 4.78 is 32.5. The number of nitrogens with zero attached hydrogens (tertiary/aromatic N) is 2. The fraction of sp³-hybridized carbons (Fsp3) is 0.250. The van der Waals surface area contributed by atoms with E-state index >= 15 is 0 Å². The lowest BCUT2D eigenvalue weighted by Gasteiger charge is -2.18. The Morgan fingerprint density at radius 1 is 1.33 bits per heavy atom. The lowest BCUT2D eigenvalue weighted by molar-refractivity contribution is 0.378. The minimum atomic E-state index is -3.75. The lowest BCUT2D eigenvalue weighted by atomic mass is 10.3. The summed E-state index contributed by atoms with van der Waals surface area (Å²) in [6, 6.07) is 4.87. The van der Waals surface area contributed by atoms with Crippen LogP contribution in [0.1, 0.15) is 11.5 Å².